The fraction of sp³-hybridized carbons (Fsp3) is 0.880. The van der Waals surface area contributed by atoms with Crippen molar-refractivity contribution in [3.63, 3.8) is 0 Å². The molecule has 1 aliphatic carbocycles. The molecule has 3 aliphatic rings. The smallest absolute Gasteiger partial charge is 0.187 e. The summed E-state index contributed by atoms with van der Waals surface area (Å²) in [4.78, 5) is 10.9. The minimum Gasteiger partial charge on any atom is -0.394 e. The first-order valence-electron chi connectivity index (χ1n) is 14.0. The van der Waals surface area contributed by atoms with Crippen LogP contribution in [0, 0.1) is 0 Å². The molecule has 0 aromatic heterocycles. The van der Waals surface area contributed by atoms with Gasteiger partial charge in [0.2, 0.25) is 0 Å². The topological polar surface area (TPSA) is 349 Å². The molecule has 0 aromatic rings. The summed E-state index contributed by atoms with van der Waals surface area (Å²) in [6.07, 6.45) is -28.3. The van der Waals surface area contributed by atoms with E-state index in [1.807, 2.05) is 0 Å². The summed E-state index contributed by atoms with van der Waals surface area (Å²) in [5.74, 6) is 0. The van der Waals surface area contributed by atoms with Crippen LogP contribution in [0.15, 0.2) is 11.6 Å². The molecule has 3 rings (SSSR count). The number of carbonyl (C=O) groups excluding carboxylic acids is 1. The van der Waals surface area contributed by atoms with Crippen LogP contribution in [0.1, 0.15) is 0 Å². The van der Waals surface area contributed by atoms with E-state index in [1.165, 1.54) is 6.08 Å². The predicted octanol–water partition coefficient (Wildman–Crippen LogP) is -8.85. The molecule has 0 aromatic carbocycles. The zero-order valence-electron chi connectivity index (χ0n) is 27.7. The van der Waals surface area contributed by atoms with Gasteiger partial charge >= 0.3 is 0 Å². The van der Waals surface area contributed by atoms with Gasteiger partial charge in [-0.25, -0.2) is 0 Å². The highest BCUT2D eigenvalue weighted by Gasteiger charge is 2.52. The number of hydrogen-bond acceptors (Lipinski definition) is 20. The van der Waals surface area contributed by atoms with Gasteiger partial charge in [0.05, 0.1) is 38.5 Å². The average Bonchev–Trinajstić information content (AvgIpc) is 3.04. The molecule has 2 saturated heterocycles. The van der Waals surface area contributed by atoms with E-state index >= 15 is 0 Å². The van der Waals surface area contributed by atoms with Crippen molar-refractivity contribution in [1.29, 1.82) is 0 Å². The van der Waals surface area contributed by atoms with Crippen molar-refractivity contribution in [2.45, 2.75) is 110 Å². The third-order valence-corrected chi connectivity index (χ3v) is 8.06. The summed E-state index contributed by atoms with van der Waals surface area (Å²) >= 11 is 0. The van der Waals surface area contributed by atoms with Crippen LogP contribution in [-0.2, 0) is 23.7 Å². The van der Waals surface area contributed by atoms with Crippen molar-refractivity contribution in [1.82, 2.24) is 5.32 Å². The Kier molecular flexibility index (Phi) is 38.1. The molecule has 28 heteroatoms. The van der Waals surface area contributed by atoms with E-state index in [1.54, 1.807) is 0 Å². The molecule has 53 heavy (non-hydrogen) atoms. The largest absolute Gasteiger partial charge is 0.394 e. The van der Waals surface area contributed by atoms with Crippen LogP contribution < -0.4 is 5.32 Å². The Hall–Kier alpha value is 1.45. The second-order valence-corrected chi connectivity index (χ2v) is 11.0. The zero-order valence-corrected chi connectivity index (χ0v) is 35.7. The normalized spacial score (nSPS) is 37.1. The highest BCUT2D eigenvalue weighted by molar-refractivity contribution is 7.60. The maximum Gasteiger partial charge on any atom is 0.187 e. The van der Waals surface area contributed by atoms with E-state index in [2.05, 4.69) is 5.32 Å². The van der Waals surface area contributed by atoms with E-state index in [9.17, 15) is 76.3 Å². The summed E-state index contributed by atoms with van der Waals surface area (Å²) in [5.41, 5.74) is -0.0485. The Morgan fingerprint density at radius 1 is 0.698 bits per heavy atom. The van der Waals surface area contributed by atoms with E-state index < -0.39 is 137 Å². The van der Waals surface area contributed by atoms with Crippen LogP contribution in [0.4, 0.5) is 0 Å². The highest BCUT2D eigenvalue weighted by atomic mass is 32.1. The number of nitrogens with one attached hydrogen (secondary N) is 1. The fourth-order valence-electron chi connectivity index (χ4n) is 5.39. The van der Waals surface area contributed by atoms with Crippen LogP contribution >= 0.6 is 108 Å². The number of carbonyl (C=O) groups is 1. The summed E-state index contributed by atoms with van der Waals surface area (Å²) in [6, 6.07) is -2.55. The number of ether oxygens (including phenoxy) is 4. The molecule has 326 valence electrons. The lowest BCUT2D eigenvalue weighted by atomic mass is 9.86. The van der Waals surface area contributed by atoms with E-state index in [0.29, 0.717) is 0 Å². The summed E-state index contributed by atoms with van der Waals surface area (Å²) in [7, 11) is 0. The van der Waals surface area contributed by atoms with Crippen LogP contribution in [0.25, 0.3) is 0 Å². The monoisotopic (exact) mass is 933 g/mol. The van der Waals surface area contributed by atoms with Crippen molar-refractivity contribution in [2.75, 3.05) is 26.4 Å². The first-order chi connectivity index (χ1) is 21.2. The minimum absolute atomic E-state index is 0. The van der Waals surface area contributed by atoms with E-state index in [-0.39, 0.29) is 120 Å². The molecule has 0 saturated carbocycles. The maximum absolute atomic E-state index is 10.9. The Bertz CT molecular complexity index is 990. The van der Waals surface area contributed by atoms with Gasteiger partial charge < -0.3 is 101 Å². The van der Waals surface area contributed by atoms with E-state index in [0.717, 1.165) is 0 Å². The summed E-state index contributed by atoms with van der Waals surface area (Å²) < 4.78 is 21.8. The Morgan fingerprint density at radius 2 is 1.21 bits per heavy atom. The van der Waals surface area contributed by atoms with Gasteiger partial charge in [0, 0.05) is 0 Å². The number of aldehydes is 1. The minimum atomic E-state index is -2.13. The molecule has 18 atom stereocenters. The van der Waals surface area contributed by atoms with Gasteiger partial charge in [0.25, 0.3) is 0 Å². The zero-order chi connectivity index (χ0) is 33.7. The highest BCUT2D eigenvalue weighted by Crippen LogP contribution is 2.31. The number of rotatable bonds is 14. The Morgan fingerprint density at radius 3 is 1.68 bits per heavy atom. The molecular formula is C25H59NO19S8. The van der Waals surface area contributed by atoms with Crippen molar-refractivity contribution in [3.05, 3.63) is 11.6 Å². The van der Waals surface area contributed by atoms with Crippen LogP contribution in [-0.4, -0.2) is 214 Å². The van der Waals surface area contributed by atoms with Gasteiger partial charge in [-0.3, -0.25) is 0 Å². The molecule has 0 bridgehead atoms. The molecule has 15 N–H and O–H groups in total. The molecule has 2 fully saturated rings. The van der Waals surface area contributed by atoms with Crippen molar-refractivity contribution in [2.24, 2.45) is 0 Å². The fourth-order valence-corrected chi connectivity index (χ4v) is 5.39. The molecule has 0 radical (unpaired) electrons. The number of aliphatic hydroxyl groups is 14. The molecule has 0 amide bonds. The van der Waals surface area contributed by atoms with Crippen molar-refractivity contribution >= 4 is 114 Å². The van der Waals surface area contributed by atoms with Crippen molar-refractivity contribution in [3.8, 4) is 0 Å². The van der Waals surface area contributed by atoms with Gasteiger partial charge in [-0.2, -0.15) is 108 Å². The number of aliphatic hydroxyl groups excluding tert-OH is 14. The van der Waals surface area contributed by atoms with Crippen LogP contribution in [0.5, 0.6) is 0 Å². The van der Waals surface area contributed by atoms with Gasteiger partial charge in [-0.1, -0.05) is 6.08 Å². The first-order valence-corrected chi connectivity index (χ1v) is 14.0. The van der Waals surface area contributed by atoms with Gasteiger partial charge in [0.15, 0.2) is 18.9 Å². The standard InChI is InChI=1S/C25H43NO19.8H2S/c27-2-7-1-8(15(35)18(38)14(7)34)26-13-11(5-30)42-24(20(40)17(13)37)45-23-12(6-31)43-25(21(41)19(23)39)44-22(10(33)4-29)16(36)9(32)3-28;;;;;;;;/h1,3,8-27,29-41H,2,4-6H2;8*1H2/t8-,9?,10-,11-,12?,13?,14-,15+,16?,17+,18?,19?,20?,21-,22?,23?,24+,25?;;;;;;;;/m1......../s1. The van der Waals surface area contributed by atoms with Gasteiger partial charge in [-0.15, -0.1) is 0 Å². The summed E-state index contributed by atoms with van der Waals surface area (Å²) in [5, 5.41) is 145. The average molecular weight is 934 g/mol. The molecule has 2 heterocycles. The maximum atomic E-state index is 10.9. The molecule has 20 nitrogen and oxygen atoms in total. The van der Waals surface area contributed by atoms with Gasteiger partial charge in [-0.05, 0) is 5.57 Å². The molecular weight excluding hydrogens is 875 g/mol. The van der Waals surface area contributed by atoms with Crippen LogP contribution in [0.3, 0.4) is 0 Å². The molecule has 2 aliphatic heterocycles. The second kappa shape index (κ2) is 30.5. The molecule has 0 spiro atoms. The lowest BCUT2D eigenvalue weighted by Gasteiger charge is -2.48. The number of hydrogen-bond donors (Lipinski definition) is 15. The third kappa shape index (κ3) is 15.5. The molecule has 10 unspecified atom stereocenters. The Balaban J connectivity index is -0.000000690. The third-order valence-electron chi connectivity index (χ3n) is 8.06. The van der Waals surface area contributed by atoms with Crippen molar-refractivity contribution < 1.29 is 95.2 Å². The Labute approximate surface area is 361 Å². The predicted molar refractivity (Wildman–Crippen MR) is 223 cm³/mol. The van der Waals surface area contributed by atoms with Gasteiger partial charge in [0.1, 0.15) is 85.5 Å². The van der Waals surface area contributed by atoms with E-state index in [4.69, 9.17) is 18.9 Å². The second-order valence-electron chi connectivity index (χ2n) is 11.0. The lowest BCUT2D eigenvalue weighted by Crippen LogP contribution is -2.69. The SMILES string of the molecule is O=CC(O)C(O)C(OC1OC(CO)C(O[C@@H]2O[C@H](CO)C(N[C@@H]3C=C(CO)[C@@H](O)C(O)[C@H]3O)[C@H](O)C2O)C(O)[C@H]1O)[C@H](O)CO.S.S.S.S.S.S.S.S. The lowest BCUT2D eigenvalue weighted by molar-refractivity contribution is -0.362. The first kappa shape index (κ1) is 66.3. The van der Waals surface area contributed by atoms with Crippen LogP contribution in [0.2, 0.25) is 0 Å². The summed E-state index contributed by atoms with van der Waals surface area (Å²) in [6.45, 7) is -3.46. The quantitative estimate of drug-likeness (QED) is 0.0568.